The number of aromatic nitrogens is 3. The summed E-state index contributed by atoms with van der Waals surface area (Å²) in [4.78, 5) is 14.9. The van der Waals surface area contributed by atoms with Gasteiger partial charge in [-0.25, -0.2) is 0 Å². The van der Waals surface area contributed by atoms with Crippen molar-refractivity contribution in [3.05, 3.63) is 35.2 Å². The van der Waals surface area contributed by atoms with Crippen molar-refractivity contribution in [3.8, 4) is 5.75 Å². The lowest BCUT2D eigenvalue weighted by Gasteiger charge is -2.39. The molecule has 0 spiro atoms. The summed E-state index contributed by atoms with van der Waals surface area (Å²) in [6.07, 6.45) is 3.38. The van der Waals surface area contributed by atoms with E-state index in [2.05, 4.69) is 50.9 Å². The molecule has 0 saturated carbocycles. The van der Waals surface area contributed by atoms with Gasteiger partial charge in [0.15, 0.2) is 11.0 Å². The summed E-state index contributed by atoms with van der Waals surface area (Å²) in [6.45, 7) is 11.6. The number of hydrogen-bond acceptors (Lipinski definition) is 5. The van der Waals surface area contributed by atoms with E-state index in [1.54, 1.807) is 0 Å². The van der Waals surface area contributed by atoms with Crippen LogP contribution in [0.1, 0.15) is 57.0 Å². The van der Waals surface area contributed by atoms with E-state index in [4.69, 9.17) is 4.74 Å². The fourth-order valence-electron chi connectivity index (χ4n) is 3.99. The monoisotopic (exact) mass is 416 g/mol. The fourth-order valence-corrected chi connectivity index (χ4v) is 4.88. The highest BCUT2D eigenvalue weighted by Gasteiger charge is 2.29. The van der Waals surface area contributed by atoms with Crippen molar-refractivity contribution in [2.45, 2.75) is 84.3 Å². The molecule has 158 valence electrons. The SMILES string of the molecule is CCn1c(COc2cccc(C)c2C)nnc1SCC(=O)N1[C@H](C)CCC[C@H]1C. The second-order valence-corrected chi connectivity index (χ2v) is 8.79. The van der Waals surface area contributed by atoms with Crippen molar-refractivity contribution in [2.24, 2.45) is 0 Å². The van der Waals surface area contributed by atoms with Crippen LogP contribution in [0.25, 0.3) is 0 Å². The van der Waals surface area contributed by atoms with Gasteiger partial charge in [-0.05, 0) is 71.1 Å². The molecule has 6 nitrogen and oxygen atoms in total. The topological polar surface area (TPSA) is 60.2 Å². The molecule has 0 aliphatic carbocycles. The van der Waals surface area contributed by atoms with E-state index in [-0.39, 0.29) is 5.91 Å². The number of likely N-dealkylation sites (tertiary alicyclic amines) is 1. The first-order chi connectivity index (χ1) is 13.9. The third-order valence-electron chi connectivity index (χ3n) is 5.83. The molecule has 2 aromatic rings. The van der Waals surface area contributed by atoms with Gasteiger partial charge < -0.3 is 14.2 Å². The van der Waals surface area contributed by atoms with E-state index in [9.17, 15) is 4.79 Å². The zero-order valence-corrected chi connectivity index (χ0v) is 19.0. The van der Waals surface area contributed by atoms with Crippen LogP contribution in [0.5, 0.6) is 5.75 Å². The number of piperidine rings is 1. The maximum absolute atomic E-state index is 12.8. The van der Waals surface area contributed by atoms with E-state index in [1.807, 2.05) is 21.6 Å². The summed E-state index contributed by atoms with van der Waals surface area (Å²) in [5.41, 5.74) is 2.34. The number of aryl methyl sites for hydroxylation is 1. The van der Waals surface area contributed by atoms with Gasteiger partial charge in [-0.15, -0.1) is 10.2 Å². The molecule has 1 aromatic heterocycles. The van der Waals surface area contributed by atoms with E-state index in [1.165, 1.54) is 23.7 Å². The van der Waals surface area contributed by atoms with Gasteiger partial charge in [-0.3, -0.25) is 4.79 Å². The Morgan fingerprint density at radius 3 is 2.62 bits per heavy atom. The summed E-state index contributed by atoms with van der Waals surface area (Å²) in [5, 5.41) is 9.41. The van der Waals surface area contributed by atoms with Crippen molar-refractivity contribution < 1.29 is 9.53 Å². The first-order valence-electron chi connectivity index (χ1n) is 10.5. The Hall–Kier alpha value is -2.02. The number of carbonyl (C=O) groups excluding carboxylic acids is 1. The zero-order valence-electron chi connectivity index (χ0n) is 18.1. The van der Waals surface area contributed by atoms with Crippen LogP contribution in [0.4, 0.5) is 0 Å². The predicted octanol–water partition coefficient (Wildman–Crippen LogP) is 4.38. The van der Waals surface area contributed by atoms with Gasteiger partial charge in [0.1, 0.15) is 12.4 Å². The van der Waals surface area contributed by atoms with Gasteiger partial charge in [-0.2, -0.15) is 0 Å². The summed E-state index contributed by atoms with van der Waals surface area (Å²) in [6, 6.07) is 6.68. The predicted molar refractivity (Wildman–Crippen MR) is 116 cm³/mol. The lowest BCUT2D eigenvalue weighted by Crippen LogP contribution is -2.48. The molecule has 1 amide bonds. The van der Waals surface area contributed by atoms with Crippen molar-refractivity contribution in [1.82, 2.24) is 19.7 Å². The second kappa shape index (κ2) is 9.65. The summed E-state index contributed by atoms with van der Waals surface area (Å²) >= 11 is 1.47. The van der Waals surface area contributed by atoms with Gasteiger partial charge in [0.2, 0.25) is 5.91 Å². The Morgan fingerprint density at radius 1 is 1.21 bits per heavy atom. The van der Waals surface area contributed by atoms with Crippen LogP contribution in [0.3, 0.4) is 0 Å². The molecular formula is C22H32N4O2S. The molecule has 0 radical (unpaired) electrons. The van der Waals surface area contributed by atoms with Gasteiger partial charge in [-0.1, -0.05) is 23.9 Å². The van der Waals surface area contributed by atoms with Gasteiger partial charge in [0.05, 0.1) is 5.75 Å². The summed E-state index contributed by atoms with van der Waals surface area (Å²) < 4.78 is 8.03. The number of ether oxygens (including phenoxy) is 1. The van der Waals surface area contributed by atoms with Gasteiger partial charge in [0, 0.05) is 18.6 Å². The Kier molecular flexibility index (Phi) is 7.22. The summed E-state index contributed by atoms with van der Waals surface area (Å²) in [7, 11) is 0. The molecule has 2 atom stereocenters. The average Bonchev–Trinajstić information content (AvgIpc) is 3.09. The Bertz CT molecular complexity index is 841. The molecule has 29 heavy (non-hydrogen) atoms. The molecule has 1 aliphatic heterocycles. The number of rotatable bonds is 7. The van der Waals surface area contributed by atoms with Crippen LogP contribution in [0.15, 0.2) is 23.4 Å². The molecule has 1 aromatic carbocycles. The number of amides is 1. The number of hydrogen-bond donors (Lipinski definition) is 0. The maximum atomic E-state index is 12.8. The average molecular weight is 417 g/mol. The van der Waals surface area contributed by atoms with Gasteiger partial charge in [0.25, 0.3) is 0 Å². The maximum Gasteiger partial charge on any atom is 0.233 e. The summed E-state index contributed by atoms with van der Waals surface area (Å²) in [5.74, 6) is 2.23. The highest BCUT2D eigenvalue weighted by molar-refractivity contribution is 7.99. The van der Waals surface area contributed by atoms with Crippen molar-refractivity contribution in [1.29, 1.82) is 0 Å². The van der Waals surface area contributed by atoms with Crippen LogP contribution >= 0.6 is 11.8 Å². The second-order valence-electron chi connectivity index (χ2n) is 7.85. The van der Waals surface area contributed by atoms with Crippen molar-refractivity contribution in [2.75, 3.05) is 5.75 Å². The number of carbonyl (C=O) groups is 1. The van der Waals surface area contributed by atoms with E-state index < -0.39 is 0 Å². The van der Waals surface area contributed by atoms with Crippen molar-refractivity contribution >= 4 is 17.7 Å². The third-order valence-corrected chi connectivity index (χ3v) is 6.78. The fraction of sp³-hybridized carbons (Fsp3) is 0.591. The minimum atomic E-state index is 0.188. The number of thioether (sulfide) groups is 1. The van der Waals surface area contributed by atoms with E-state index in [0.29, 0.717) is 24.4 Å². The Labute approximate surface area is 178 Å². The molecule has 3 rings (SSSR count). The highest BCUT2D eigenvalue weighted by atomic mass is 32.2. The van der Waals surface area contributed by atoms with E-state index >= 15 is 0 Å². The zero-order chi connectivity index (χ0) is 21.0. The van der Waals surface area contributed by atoms with Crippen LogP contribution in [0, 0.1) is 13.8 Å². The molecule has 0 unspecified atom stereocenters. The minimum absolute atomic E-state index is 0.188. The lowest BCUT2D eigenvalue weighted by atomic mass is 9.98. The van der Waals surface area contributed by atoms with Crippen LogP contribution in [-0.4, -0.2) is 43.4 Å². The first kappa shape index (κ1) is 21.7. The lowest BCUT2D eigenvalue weighted by molar-refractivity contribution is -0.134. The molecule has 1 aliphatic rings. The number of nitrogens with zero attached hydrogens (tertiary/aromatic N) is 4. The minimum Gasteiger partial charge on any atom is -0.485 e. The molecule has 1 saturated heterocycles. The van der Waals surface area contributed by atoms with Crippen molar-refractivity contribution in [3.63, 3.8) is 0 Å². The normalized spacial score (nSPS) is 19.4. The molecule has 0 bridgehead atoms. The van der Waals surface area contributed by atoms with Crippen LogP contribution < -0.4 is 4.74 Å². The van der Waals surface area contributed by atoms with E-state index in [0.717, 1.165) is 41.7 Å². The molecule has 7 heteroatoms. The Balaban J connectivity index is 1.63. The highest BCUT2D eigenvalue weighted by Crippen LogP contribution is 2.26. The largest absolute Gasteiger partial charge is 0.485 e. The third kappa shape index (κ3) is 4.94. The molecule has 1 fully saturated rings. The molecule has 0 N–H and O–H groups in total. The van der Waals surface area contributed by atoms with Crippen LogP contribution in [-0.2, 0) is 17.9 Å². The number of benzene rings is 1. The first-order valence-corrected chi connectivity index (χ1v) is 11.5. The Morgan fingerprint density at radius 2 is 1.93 bits per heavy atom. The smallest absolute Gasteiger partial charge is 0.233 e. The molecular weight excluding hydrogens is 384 g/mol. The molecule has 2 heterocycles. The standard InChI is InChI=1S/C22H32N4O2S/c1-6-25-20(13-28-19-12-7-9-15(2)18(19)5)23-24-22(25)29-14-21(27)26-16(3)10-8-11-17(26)4/h7,9,12,16-17H,6,8,10-11,13-14H2,1-5H3/t16-,17-/m1/s1. The van der Waals surface area contributed by atoms with Gasteiger partial charge >= 0.3 is 0 Å². The quantitative estimate of drug-likeness (QED) is 0.627. The van der Waals surface area contributed by atoms with Crippen LogP contribution in [0.2, 0.25) is 0 Å².